The van der Waals surface area contributed by atoms with Gasteiger partial charge in [0.25, 0.3) is 0 Å². The molecule has 7 aromatic carbocycles. The topological polar surface area (TPSA) is 42.4 Å². The quantitative estimate of drug-likeness (QED) is 0.189. The number of rotatable bonds is 6. The normalized spacial score (nSPS) is 11.4. The molecule has 0 aliphatic heterocycles. The SMILES string of the molecule is c1ccc(-c2ccc(N(c3ccc(-c4ccccc4)cc3)c3cccc4oc5ccc(-c6nc7ccccc7o6)cc5c34)cc2)cc1. The Morgan fingerprint density at radius 1 is 0.404 bits per heavy atom. The number of furan rings is 1. The van der Waals surface area contributed by atoms with Crippen LogP contribution < -0.4 is 4.90 Å². The van der Waals surface area contributed by atoms with Crippen molar-refractivity contribution in [3.05, 3.63) is 170 Å². The Morgan fingerprint density at radius 2 is 0.957 bits per heavy atom. The Morgan fingerprint density at radius 3 is 1.60 bits per heavy atom. The third-order valence-corrected chi connectivity index (χ3v) is 8.72. The van der Waals surface area contributed by atoms with Gasteiger partial charge >= 0.3 is 0 Å². The summed E-state index contributed by atoms with van der Waals surface area (Å²) in [6, 6.07) is 58.7. The molecule has 0 aliphatic rings. The highest BCUT2D eigenvalue weighted by Gasteiger charge is 2.21. The van der Waals surface area contributed by atoms with Crippen LogP contribution in [-0.4, -0.2) is 4.98 Å². The Labute approximate surface area is 271 Å². The van der Waals surface area contributed by atoms with Crippen molar-refractivity contribution in [3.63, 3.8) is 0 Å². The smallest absolute Gasteiger partial charge is 0.227 e. The molecule has 0 N–H and O–H groups in total. The fourth-order valence-corrected chi connectivity index (χ4v) is 6.42. The predicted octanol–water partition coefficient (Wildman–Crippen LogP) is 12.2. The summed E-state index contributed by atoms with van der Waals surface area (Å²) in [5, 5.41) is 2.03. The van der Waals surface area contributed by atoms with E-state index >= 15 is 0 Å². The van der Waals surface area contributed by atoms with E-state index < -0.39 is 0 Å². The van der Waals surface area contributed by atoms with E-state index in [-0.39, 0.29) is 0 Å². The molecule has 2 heterocycles. The van der Waals surface area contributed by atoms with E-state index in [0.29, 0.717) is 5.89 Å². The van der Waals surface area contributed by atoms with E-state index in [2.05, 4.69) is 120 Å². The maximum absolute atomic E-state index is 6.44. The van der Waals surface area contributed by atoms with Crippen LogP contribution in [0.1, 0.15) is 0 Å². The summed E-state index contributed by atoms with van der Waals surface area (Å²) in [7, 11) is 0. The minimum atomic E-state index is 0.588. The van der Waals surface area contributed by atoms with Crippen LogP contribution in [0.5, 0.6) is 0 Å². The first-order valence-corrected chi connectivity index (χ1v) is 15.7. The molecule has 9 rings (SSSR count). The fourth-order valence-electron chi connectivity index (χ4n) is 6.42. The van der Waals surface area contributed by atoms with E-state index in [4.69, 9.17) is 13.8 Å². The molecular weight excluding hydrogens is 576 g/mol. The van der Waals surface area contributed by atoms with Crippen molar-refractivity contribution >= 4 is 50.1 Å². The van der Waals surface area contributed by atoms with Crippen LogP contribution in [0.4, 0.5) is 17.1 Å². The molecule has 4 heteroatoms. The van der Waals surface area contributed by atoms with E-state index in [9.17, 15) is 0 Å². The highest BCUT2D eigenvalue weighted by molar-refractivity contribution is 6.14. The van der Waals surface area contributed by atoms with Crippen molar-refractivity contribution in [1.29, 1.82) is 0 Å². The third-order valence-electron chi connectivity index (χ3n) is 8.72. The van der Waals surface area contributed by atoms with Gasteiger partial charge in [0.15, 0.2) is 5.58 Å². The van der Waals surface area contributed by atoms with Gasteiger partial charge in [-0.15, -0.1) is 0 Å². The molecule has 47 heavy (non-hydrogen) atoms. The number of hydrogen-bond donors (Lipinski definition) is 0. The minimum absolute atomic E-state index is 0.588. The zero-order chi connectivity index (χ0) is 31.2. The van der Waals surface area contributed by atoms with Crippen molar-refractivity contribution < 1.29 is 8.83 Å². The standard InChI is InChI=1S/C43H28N2O2/c1-3-10-29(11-4-1)31-18-23-34(24-19-31)45(35-25-20-32(21-26-35)30-12-5-2-6-13-30)38-15-9-17-41-42(38)36-28-33(22-27-39(36)46-41)43-44-37-14-7-8-16-40(37)47-43/h1-28H. The second-order valence-electron chi connectivity index (χ2n) is 11.6. The van der Waals surface area contributed by atoms with Gasteiger partial charge in [0.05, 0.1) is 11.1 Å². The van der Waals surface area contributed by atoms with Crippen LogP contribution >= 0.6 is 0 Å². The predicted molar refractivity (Wildman–Crippen MR) is 192 cm³/mol. The Bertz CT molecular complexity index is 2380. The van der Waals surface area contributed by atoms with E-state index in [0.717, 1.165) is 55.7 Å². The zero-order valence-electron chi connectivity index (χ0n) is 25.4. The molecule has 9 aromatic rings. The van der Waals surface area contributed by atoms with Crippen LogP contribution in [0.3, 0.4) is 0 Å². The lowest BCUT2D eigenvalue weighted by molar-refractivity contribution is 0.620. The molecule has 0 saturated heterocycles. The molecule has 0 spiro atoms. The highest BCUT2D eigenvalue weighted by atomic mass is 16.3. The molecule has 222 valence electrons. The third kappa shape index (κ3) is 4.84. The highest BCUT2D eigenvalue weighted by Crippen LogP contribution is 2.44. The summed E-state index contributed by atoms with van der Waals surface area (Å²) in [4.78, 5) is 7.08. The molecule has 0 aliphatic carbocycles. The summed E-state index contributed by atoms with van der Waals surface area (Å²) >= 11 is 0. The summed E-state index contributed by atoms with van der Waals surface area (Å²) in [5.74, 6) is 0.588. The van der Waals surface area contributed by atoms with Crippen molar-refractivity contribution in [3.8, 4) is 33.7 Å². The molecule has 0 fully saturated rings. The van der Waals surface area contributed by atoms with Crippen LogP contribution in [0.15, 0.2) is 179 Å². The summed E-state index contributed by atoms with van der Waals surface area (Å²) < 4.78 is 12.6. The van der Waals surface area contributed by atoms with Crippen LogP contribution in [0.25, 0.3) is 66.7 Å². The average molecular weight is 605 g/mol. The van der Waals surface area contributed by atoms with Gasteiger partial charge < -0.3 is 13.7 Å². The maximum Gasteiger partial charge on any atom is 0.227 e. The molecule has 0 unspecified atom stereocenters. The molecule has 0 radical (unpaired) electrons. The van der Waals surface area contributed by atoms with Crippen LogP contribution in [0, 0.1) is 0 Å². The first-order valence-electron chi connectivity index (χ1n) is 15.7. The van der Waals surface area contributed by atoms with Gasteiger partial charge in [0, 0.05) is 22.3 Å². The van der Waals surface area contributed by atoms with Gasteiger partial charge in [0.2, 0.25) is 5.89 Å². The summed E-state index contributed by atoms with van der Waals surface area (Å²) in [6.07, 6.45) is 0. The van der Waals surface area contributed by atoms with Crippen molar-refractivity contribution in [2.24, 2.45) is 0 Å². The van der Waals surface area contributed by atoms with E-state index in [1.54, 1.807) is 0 Å². The lowest BCUT2D eigenvalue weighted by atomic mass is 10.0. The number of benzene rings is 7. The van der Waals surface area contributed by atoms with E-state index in [1.165, 1.54) is 22.3 Å². The number of para-hydroxylation sites is 2. The number of nitrogens with zero attached hydrogens (tertiary/aromatic N) is 2. The van der Waals surface area contributed by atoms with Gasteiger partial charge in [-0.05, 0) is 89.0 Å². The van der Waals surface area contributed by atoms with E-state index in [1.807, 2.05) is 54.6 Å². The van der Waals surface area contributed by atoms with Gasteiger partial charge in [0.1, 0.15) is 16.7 Å². The monoisotopic (exact) mass is 604 g/mol. The van der Waals surface area contributed by atoms with Gasteiger partial charge in [-0.25, -0.2) is 4.98 Å². The number of hydrogen-bond acceptors (Lipinski definition) is 4. The van der Waals surface area contributed by atoms with Crippen molar-refractivity contribution in [2.45, 2.75) is 0 Å². The maximum atomic E-state index is 6.44. The Kier molecular flexibility index (Phi) is 6.43. The van der Waals surface area contributed by atoms with Crippen LogP contribution in [0.2, 0.25) is 0 Å². The van der Waals surface area contributed by atoms with Gasteiger partial charge in [-0.1, -0.05) is 103 Å². The van der Waals surface area contributed by atoms with Crippen LogP contribution in [-0.2, 0) is 0 Å². The zero-order valence-corrected chi connectivity index (χ0v) is 25.4. The summed E-state index contributed by atoms with van der Waals surface area (Å²) in [5.41, 5.74) is 12.0. The molecule has 0 saturated carbocycles. The van der Waals surface area contributed by atoms with Gasteiger partial charge in [-0.3, -0.25) is 0 Å². The lowest BCUT2D eigenvalue weighted by Gasteiger charge is -2.26. The van der Waals surface area contributed by atoms with Crippen molar-refractivity contribution in [1.82, 2.24) is 4.98 Å². The van der Waals surface area contributed by atoms with Crippen molar-refractivity contribution in [2.75, 3.05) is 4.90 Å². The Hall–Kier alpha value is -6.39. The first-order chi connectivity index (χ1) is 23.3. The molecule has 2 aromatic heterocycles. The lowest BCUT2D eigenvalue weighted by Crippen LogP contribution is -2.10. The largest absolute Gasteiger partial charge is 0.456 e. The second-order valence-corrected chi connectivity index (χ2v) is 11.6. The average Bonchev–Trinajstić information content (AvgIpc) is 3.75. The number of aromatic nitrogens is 1. The number of oxazole rings is 1. The molecule has 0 amide bonds. The van der Waals surface area contributed by atoms with Gasteiger partial charge in [-0.2, -0.15) is 0 Å². The molecule has 4 nitrogen and oxygen atoms in total. The fraction of sp³-hybridized carbons (Fsp3) is 0. The Balaban J connectivity index is 1.22. The summed E-state index contributed by atoms with van der Waals surface area (Å²) in [6.45, 7) is 0. The molecule has 0 atom stereocenters. The molecule has 0 bridgehead atoms. The number of fused-ring (bicyclic) bond motifs is 4. The second kappa shape index (κ2) is 11.2. The minimum Gasteiger partial charge on any atom is -0.456 e. The first kappa shape index (κ1) is 27.0. The molecular formula is C43H28N2O2. The number of anilines is 3.